The molecule has 0 bridgehead atoms. The molecule has 1 rings (SSSR count). The Bertz CT molecular complexity index is 272. The highest BCUT2D eigenvalue weighted by Gasteiger charge is 2.13. The second-order valence-corrected chi connectivity index (χ2v) is 2.76. The molecule has 0 aliphatic carbocycles. The van der Waals surface area contributed by atoms with E-state index in [1.165, 1.54) is 24.3 Å². The molecule has 0 saturated heterocycles. The summed E-state index contributed by atoms with van der Waals surface area (Å²) < 4.78 is 26.6. The first-order valence-electron chi connectivity index (χ1n) is 3.21. The molecule has 0 amide bonds. The lowest BCUT2D eigenvalue weighted by molar-refractivity contribution is 0.410. The third kappa shape index (κ3) is 2.57. The molecule has 0 aliphatic heterocycles. The first-order valence-corrected chi connectivity index (χ1v) is 4.34. The predicted molar refractivity (Wildman–Crippen MR) is 41.7 cm³/mol. The second-order valence-electron chi connectivity index (χ2n) is 2.11. The summed E-state index contributed by atoms with van der Waals surface area (Å²) in [6.07, 6.45) is 0. The first kappa shape index (κ1) is 9.10. The SMILES string of the molecule is O=[P+](O)Oc1ccc(CF)cc1. The van der Waals surface area contributed by atoms with E-state index in [0.29, 0.717) is 5.56 Å². The fraction of sp³-hybridized carbons (Fsp3) is 0.143. The van der Waals surface area contributed by atoms with Crippen LogP contribution in [0.5, 0.6) is 5.75 Å². The molecule has 0 aromatic heterocycles. The van der Waals surface area contributed by atoms with E-state index in [1.54, 1.807) is 0 Å². The molecule has 0 heterocycles. The zero-order valence-electron chi connectivity index (χ0n) is 6.11. The van der Waals surface area contributed by atoms with Crippen molar-refractivity contribution in [1.29, 1.82) is 0 Å². The van der Waals surface area contributed by atoms with Gasteiger partial charge in [-0.25, -0.2) is 8.91 Å². The van der Waals surface area contributed by atoms with E-state index in [-0.39, 0.29) is 5.75 Å². The van der Waals surface area contributed by atoms with Crippen LogP contribution in [-0.2, 0) is 11.2 Å². The van der Waals surface area contributed by atoms with Gasteiger partial charge in [0.05, 0.1) is 0 Å². The van der Waals surface area contributed by atoms with Gasteiger partial charge in [-0.05, 0) is 17.7 Å². The van der Waals surface area contributed by atoms with Gasteiger partial charge in [0.1, 0.15) is 6.67 Å². The maximum atomic E-state index is 12.0. The summed E-state index contributed by atoms with van der Waals surface area (Å²) >= 11 is 0. The van der Waals surface area contributed by atoms with E-state index in [0.717, 1.165) is 0 Å². The normalized spacial score (nSPS) is 11.0. The zero-order chi connectivity index (χ0) is 8.97. The Morgan fingerprint density at radius 1 is 1.42 bits per heavy atom. The largest absolute Gasteiger partial charge is 0.747 e. The third-order valence-electron chi connectivity index (χ3n) is 1.26. The van der Waals surface area contributed by atoms with Gasteiger partial charge < -0.3 is 0 Å². The minimum atomic E-state index is -2.63. The van der Waals surface area contributed by atoms with Gasteiger partial charge in [-0.1, -0.05) is 12.1 Å². The molecular weight excluding hydrogens is 182 g/mol. The summed E-state index contributed by atoms with van der Waals surface area (Å²) in [5, 5.41) is 0. The average Bonchev–Trinajstić information content (AvgIpc) is 2.05. The van der Waals surface area contributed by atoms with Crippen LogP contribution in [0.15, 0.2) is 24.3 Å². The number of rotatable bonds is 3. The van der Waals surface area contributed by atoms with Crippen molar-refractivity contribution < 1.29 is 18.4 Å². The fourth-order valence-electron chi connectivity index (χ4n) is 0.730. The number of halogens is 1. The summed E-state index contributed by atoms with van der Waals surface area (Å²) in [6.45, 7) is -0.550. The Hall–Kier alpha value is -0.990. The van der Waals surface area contributed by atoms with E-state index in [2.05, 4.69) is 4.52 Å². The first-order chi connectivity index (χ1) is 5.72. The Kier molecular flexibility index (Phi) is 3.14. The highest BCUT2D eigenvalue weighted by molar-refractivity contribution is 7.32. The third-order valence-corrected chi connectivity index (χ3v) is 1.63. The van der Waals surface area contributed by atoms with Crippen molar-refractivity contribution in [3.63, 3.8) is 0 Å². The average molecular weight is 189 g/mol. The number of hydrogen-bond acceptors (Lipinski definition) is 2. The van der Waals surface area contributed by atoms with E-state index in [1.807, 2.05) is 0 Å². The van der Waals surface area contributed by atoms with Gasteiger partial charge in [-0.15, -0.1) is 4.89 Å². The van der Waals surface area contributed by atoms with Gasteiger partial charge >= 0.3 is 8.25 Å². The van der Waals surface area contributed by atoms with Gasteiger partial charge in [0.25, 0.3) is 0 Å². The Morgan fingerprint density at radius 2 is 2.00 bits per heavy atom. The quantitative estimate of drug-likeness (QED) is 0.741. The molecule has 1 unspecified atom stereocenters. The van der Waals surface area contributed by atoms with Crippen LogP contribution in [0.3, 0.4) is 0 Å². The maximum absolute atomic E-state index is 12.0. The molecule has 0 saturated carbocycles. The topological polar surface area (TPSA) is 46.5 Å². The van der Waals surface area contributed by atoms with Gasteiger partial charge in [-0.2, -0.15) is 0 Å². The highest BCUT2D eigenvalue weighted by Crippen LogP contribution is 2.22. The fourth-order valence-corrected chi connectivity index (χ4v) is 1.03. The molecule has 1 atom stereocenters. The minimum absolute atomic E-state index is 0.260. The van der Waals surface area contributed by atoms with Crippen LogP contribution in [0.25, 0.3) is 0 Å². The molecule has 5 heteroatoms. The zero-order valence-corrected chi connectivity index (χ0v) is 7.00. The van der Waals surface area contributed by atoms with E-state index in [9.17, 15) is 8.96 Å². The van der Waals surface area contributed by atoms with Gasteiger partial charge in [0.2, 0.25) is 0 Å². The van der Waals surface area contributed by atoms with Crippen molar-refractivity contribution in [3.8, 4) is 5.75 Å². The summed E-state index contributed by atoms with van der Waals surface area (Å²) in [6, 6.07) is 5.87. The van der Waals surface area contributed by atoms with Crippen LogP contribution in [0.4, 0.5) is 4.39 Å². The van der Waals surface area contributed by atoms with Crippen molar-refractivity contribution in [2.45, 2.75) is 6.67 Å². The van der Waals surface area contributed by atoms with E-state index in [4.69, 9.17) is 4.89 Å². The molecule has 0 spiro atoms. The van der Waals surface area contributed by atoms with Gasteiger partial charge in [0.15, 0.2) is 5.75 Å². The van der Waals surface area contributed by atoms with E-state index < -0.39 is 14.9 Å². The standard InChI is InChI=1S/C7H6FO3P/c8-5-6-1-3-7(4-2-6)11-12(9)10/h1-4H,5H2/p+1. The minimum Gasteiger partial charge on any atom is -0.246 e. The molecule has 12 heavy (non-hydrogen) atoms. The summed E-state index contributed by atoms with van der Waals surface area (Å²) in [5.41, 5.74) is 0.510. The number of benzene rings is 1. The molecule has 1 aromatic carbocycles. The van der Waals surface area contributed by atoms with Crippen LogP contribution in [-0.4, -0.2) is 4.89 Å². The van der Waals surface area contributed by atoms with E-state index >= 15 is 0 Å². The monoisotopic (exact) mass is 189 g/mol. The lowest BCUT2D eigenvalue weighted by atomic mass is 10.2. The molecule has 0 fully saturated rings. The number of alkyl halides is 1. The predicted octanol–water partition coefficient (Wildman–Crippen LogP) is 2.18. The molecular formula is C7H7FO3P+. The molecule has 64 valence electrons. The molecule has 3 nitrogen and oxygen atoms in total. The van der Waals surface area contributed by atoms with Crippen molar-refractivity contribution in [1.82, 2.24) is 0 Å². The van der Waals surface area contributed by atoms with Crippen molar-refractivity contribution >= 4 is 8.25 Å². The Morgan fingerprint density at radius 3 is 2.42 bits per heavy atom. The van der Waals surface area contributed by atoms with Crippen molar-refractivity contribution in [3.05, 3.63) is 29.8 Å². The van der Waals surface area contributed by atoms with Crippen LogP contribution in [0, 0.1) is 0 Å². The lowest BCUT2D eigenvalue weighted by Crippen LogP contribution is -1.81. The molecule has 1 N–H and O–H groups in total. The summed E-state index contributed by atoms with van der Waals surface area (Å²) in [4.78, 5) is 8.35. The summed E-state index contributed by atoms with van der Waals surface area (Å²) in [5.74, 6) is 0.260. The second kappa shape index (κ2) is 4.14. The molecule has 1 aromatic rings. The Balaban J connectivity index is 2.71. The van der Waals surface area contributed by atoms with Gasteiger partial charge in [-0.3, -0.25) is 0 Å². The maximum Gasteiger partial charge on any atom is 0.747 e. The highest BCUT2D eigenvalue weighted by atomic mass is 31.1. The number of hydrogen-bond donors (Lipinski definition) is 1. The van der Waals surface area contributed by atoms with Crippen LogP contribution < -0.4 is 4.52 Å². The lowest BCUT2D eigenvalue weighted by Gasteiger charge is -1.93. The smallest absolute Gasteiger partial charge is 0.246 e. The molecule has 0 radical (unpaired) electrons. The van der Waals surface area contributed by atoms with Crippen LogP contribution >= 0.6 is 8.25 Å². The van der Waals surface area contributed by atoms with Crippen molar-refractivity contribution in [2.75, 3.05) is 0 Å². The van der Waals surface area contributed by atoms with Crippen LogP contribution in [0.1, 0.15) is 5.56 Å². The Labute approximate surface area is 69.7 Å². The van der Waals surface area contributed by atoms with Crippen molar-refractivity contribution in [2.24, 2.45) is 0 Å². The van der Waals surface area contributed by atoms with Crippen LogP contribution in [0.2, 0.25) is 0 Å². The van der Waals surface area contributed by atoms with Gasteiger partial charge in [0, 0.05) is 4.57 Å². The summed E-state index contributed by atoms with van der Waals surface area (Å²) in [7, 11) is -2.63. The molecule has 0 aliphatic rings.